The lowest BCUT2D eigenvalue weighted by atomic mass is 9.83. The molecule has 63 heavy (non-hydrogen) atoms. The van der Waals surface area contributed by atoms with Gasteiger partial charge in [-0.25, -0.2) is 4.98 Å². The Labute approximate surface area is 363 Å². The maximum atomic E-state index is 6.77. The molecule has 13 rings (SSSR count). The maximum absolute atomic E-state index is 6.77. The summed E-state index contributed by atoms with van der Waals surface area (Å²) in [6.07, 6.45) is 5.83. The number of pyridine rings is 1. The van der Waals surface area contributed by atoms with E-state index < -0.39 is 0 Å². The van der Waals surface area contributed by atoms with Crippen molar-refractivity contribution in [2.75, 3.05) is 0 Å². The molecule has 6 nitrogen and oxygen atoms in total. The average Bonchev–Trinajstić information content (AvgIpc) is 4.05. The van der Waals surface area contributed by atoms with Crippen LogP contribution in [0.3, 0.4) is 0 Å². The van der Waals surface area contributed by atoms with E-state index in [1.165, 1.54) is 38.4 Å². The molecule has 0 fully saturated rings. The van der Waals surface area contributed by atoms with Crippen molar-refractivity contribution in [3.8, 4) is 45.5 Å². The van der Waals surface area contributed by atoms with Gasteiger partial charge in [0.2, 0.25) is 0 Å². The molecule has 12 aromatic rings. The zero-order valence-corrected chi connectivity index (χ0v) is 34.7. The van der Waals surface area contributed by atoms with Crippen molar-refractivity contribution in [1.29, 1.82) is 0 Å². The van der Waals surface area contributed by atoms with Gasteiger partial charge in [-0.05, 0) is 83.4 Å². The lowest BCUT2D eigenvalue weighted by Crippen LogP contribution is -2.30. The van der Waals surface area contributed by atoms with Crippen LogP contribution in [0.5, 0.6) is 11.5 Å². The first kappa shape index (κ1) is 35.5. The Morgan fingerprint density at radius 1 is 0.492 bits per heavy atom. The molecular weight excluding hydrogens is 771 g/mol. The molecule has 0 atom stereocenters. The van der Waals surface area contributed by atoms with Crippen LogP contribution in [0, 0.1) is 6.33 Å². The summed E-state index contributed by atoms with van der Waals surface area (Å²) in [5.41, 5.74) is 14.6. The van der Waals surface area contributed by atoms with E-state index >= 15 is 0 Å². The number of imidazole rings is 1. The lowest BCUT2D eigenvalue weighted by Gasteiger charge is -2.22. The van der Waals surface area contributed by atoms with Crippen molar-refractivity contribution in [3.63, 3.8) is 0 Å². The van der Waals surface area contributed by atoms with Crippen LogP contribution in [-0.2, 0) is 5.41 Å². The van der Waals surface area contributed by atoms with Gasteiger partial charge in [0, 0.05) is 50.5 Å². The molecule has 0 bridgehead atoms. The SMILES string of the molecule is CC1(C)c2ccccc2-c2cnc(-n3c4ccccc4c4ccc(Oc5cccc(-n6[c-][n+](-c7cccc8c9ccccc9n(-c9ccccc9)c78)c7ccccc76)c5)cc43)cc21. The monoisotopic (exact) mass is 809 g/mol. The Morgan fingerprint density at radius 2 is 1.14 bits per heavy atom. The number of hydrogen-bond donors (Lipinski definition) is 0. The van der Waals surface area contributed by atoms with Crippen LogP contribution in [0.4, 0.5) is 0 Å². The van der Waals surface area contributed by atoms with Gasteiger partial charge < -0.3 is 9.30 Å². The quantitative estimate of drug-likeness (QED) is 0.124. The highest BCUT2D eigenvalue weighted by atomic mass is 16.5. The van der Waals surface area contributed by atoms with Crippen molar-refractivity contribution in [2.24, 2.45) is 0 Å². The van der Waals surface area contributed by atoms with E-state index in [0.717, 1.165) is 72.9 Å². The van der Waals surface area contributed by atoms with Gasteiger partial charge in [-0.15, -0.1) is 0 Å². The fourth-order valence-corrected chi connectivity index (χ4v) is 10.2. The zero-order chi connectivity index (χ0) is 41.8. The van der Waals surface area contributed by atoms with Crippen LogP contribution in [0.2, 0.25) is 0 Å². The van der Waals surface area contributed by atoms with Crippen molar-refractivity contribution < 1.29 is 9.30 Å². The van der Waals surface area contributed by atoms with E-state index in [1.807, 2.05) is 6.07 Å². The van der Waals surface area contributed by atoms with Crippen molar-refractivity contribution in [3.05, 3.63) is 218 Å². The highest BCUT2D eigenvalue weighted by Gasteiger charge is 2.36. The first-order valence-corrected chi connectivity index (χ1v) is 21.5. The number of hydrogen-bond acceptors (Lipinski definition) is 2. The van der Waals surface area contributed by atoms with Gasteiger partial charge in [0.1, 0.15) is 17.3 Å². The third-order valence-electron chi connectivity index (χ3n) is 13.1. The molecule has 6 heteroatoms. The molecule has 0 saturated heterocycles. The smallest absolute Gasteiger partial charge is 0.269 e. The number of rotatable bonds is 6. The molecule has 0 saturated carbocycles. The minimum atomic E-state index is -0.140. The predicted octanol–water partition coefficient (Wildman–Crippen LogP) is 13.4. The topological polar surface area (TPSA) is 40.8 Å². The third kappa shape index (κ3) is 5.25. The Bertz CT molecular complexity index is 3810. The van der Waals surface area contributed by atoms with Crippen LogP contribution in [0.15, 0.2) is 200 Å². The molecule has 8 aromatic carbocycles. The second-order valence-electron chi connectivity index (χ2n) is 17.0. The Balaban J connectivity index is 0.917. The fourth-order valence-electron chi connectivity index (χ4n) is 10.2. The second-order valence-corrected chi connectivity index (χ2v) is 17.0. The van der Waals surface area contributed by atoms with Gasteiger partial charge >= 0.3 is 0 Å². The minimum absolute atomic E-state index is 0.140. The van der Waals surface area contributed by atoms with Gasteiger partial charge in [-0.2, -0.15) is 0 Å². The first-order chi connectivity index (χ1) is 31.0. The van der Waals surface area contributed by atoms with Crippen LogP contribution in [0.1, 0.15) is 25.0 Å². The zero-order valence-electron chi connectivity index (χ0n) is 34.7. The summed E-state index contributed by atoms with van der Waals surface area (Å²) in [6, 6.07) is 68.6. The summed E-state index contributed by atoms with van der Waals surface area (Å²) in [5.74, 6) is 2.37. The molecule has 298 valence electrons. The largest absolute Gasteiger partial charge is 0.458 e. The number of nitrogens with zero attached hydrogens (tertiary/aromatic N) is 5. The van der Waals surface area contributed by atoms with Gasteiger partial charge in [0.25, 0.3) is 6.33 Å². The van der Waals surface area contributed by atoms with Gasteiger partial charge in [-0.1, -0.05) is 135 Å². The molecule has 4 aromatic heterocycles. The average molecular weight is 810 g/mol. The van der Waals surface area contributed by atoms with E-state index in [-0.39, 0.29) is 5.41 Å². The Hall–Kier alpha value is -8.22. The van der Waals surface area contributed by atoms with E-state index in [4.69, 9.17) is 9.72 Å². The van der Waals surface area contributed by atoms with Gasteiger partial charge in [-0.3, -0.25) is 13.7 Å². The molecule has 0 N–H and O–H groups in total. The summed E-state index contributed by atoms with van der Waals surface area (Å²) in [5, 5.41) is 4.73. The highest BCUT2D eigenvalue weighted by molar-refractivity contribution is 6.12. The van der Waals surface area contributed by atoms with E-state index in [1.54, 1.807) is 0 Å². The number of benzene rings is 8. The van der Waals surface area contributed by atoms with Crippen molar-refractivity contribution >= 4 is 54.6 Å². The molecule has 0 amide bonds. The van der Waals surface area contributed by atoms with Crippen molar-refractivity contribution in [1.82, 2.24) is 18.7 Å². The molecule has 0 unspecified atom stereocenters. The number of aromatic nitrogens is 5. The van der Waals surface area contributed by atoms with E-state index in [2.05, 4.69) is 233 Å². The third-order valence-corrected chi connectivity index (χ3v) is 13.1. The van der Waals surface area contributed by atoms with Crippen LogP contribution >= 0.6 is 0 Å². The molecule has 0 aliphatic heterocycles. The maximum Gasteiger partial charge on any atom is 0.269 e. The molecule has 0 spiro atoms. The summed E-state index contributed by atoms with van der Waals surface area (Å²) >= 11 is 0. The normalized spacial score (nSPS) is 13.0. The lowest BCUT2D eigenvalue weighted by molar-refractivity contribution is -0.571. The summed E-state index contributed by atoms with van der Waals surface area (Å²) in [7, 11) is 0. The summed E-state index contributed by atoms with van der Waals surface area (Å²) < 4.78 is 15.8. The van der Waals surface area contributed by atoms with E-state index in [9.17, 15) is 0 Å². The summed E-state index contributed by atoms with van der Waals surface area (Å²) in [6.45, 7) is 4.63. The Kier molecular flexibility index (Phi) is 7.55. The number of ether oxygens (including phenoxy) is 1. The second kappa shape index (κ2) is 13.4. The Morgan fingerprint density at radius 3 is 2.00 bits per heavy atom. The number of fused-ring (bicyclic) bond motifs is 10. The van der Waals surface area contributed by atoms with E-state index in [0.29, 0.717) is 0 Å². The standard InChI is InChI=1S/C57H39N5O/c1-57(2)47-24-9-6-20-41(47)46-35-58-55(34-48(46)57)62-50-26-11-7-21-42(50)44-31-30-40(33-54(44)62)63-39-19-14-18-38(32-39)59-36-60(52-28-13-12-27-51(52)59)53-29-15-23-45-43-22-8-10-25-49(43)61(56(45)53)37-16-4-3-5-17-37/h3-35H,1-2H3. The minimum Gasteiger partial charge on any atom is -0.458 e. The van der Waals surface area contributed by atoms with Crippen molar-refractivity contribution in [2.45, 2.75) is 19.3 Å². The van der Waals surface area contributed by atoms with Gasteiger partial charge in [0.15, 0.2) is 0 Å². The summed E-state index contributed by atoms with van der Waals surface area (Å²) in [4.78, 5) is 5.13. The number of para-hydroxylation sites is 6. The molecule has 1 aliphatic rings. The van der Waals surface area contributed by atoms with Crippen LogP contribution in [-0.4, -0.2) is 18.7 Å². The van der Waals surface area contributed by atoms with Gasteiger partial charge in [0.05, 0.1) is 44.5 Å². The van der Waals surface area contributed by atoms with Crippen LogP contribution in [0.25, 0.3) is 88.7 Å². The first-order valence-electron chi connectivity index (χ1n) is 21.5. The predicted molar refractivity (Wildman–Crippen MR) is 254 cm³/mol. The highest BCUT2D eigenvalue weighted by Crippen LogP contribution is 2.49. The van der Waals surface area contributed by atoms with Crippen LogP contribution < -0.4 is 9.30 Å². The fraction of sp³-hybridized carbons (Fsp3) is 0.0526. The molecular formula is C57H39N5O. The molecule has 1 aliphatic carbocycles. The molecule has 4 heterocycles. The molecule has 0 radical (unpaired) electrons.